The minimum Gasteiger partial charge on any atom is -0.496 e. The number of nitrogens with zero attached hydrogens (tertiary/aromatic N) is 1. The van der Waals surface area contributed by atoms with Crippen molar-refractivity contribution < 1.29 is 14.3 Å². The van der Waals surface area contributed by atoms with E-state index in [2.05, 4.69) is 11.9 Å². The molecule has 1 aromatic carbocycles. The number of methoxy groups -OCH3 is 1. The Hall–Kier alpha value is -2.30. The number of ether oxygens (including phenoxy) is 1. The van der Waals surface area contributed by atoms with Crippen molar-refractivity contribution in [3.63, 3.8) is 0 Å². The van der Waals surface area contributed by atoms with Gasteiger partial charge in [-0.3, -0.25) is 9.69 Å². The Morgan fingerprint density at radius 1 is 1.41 bits per heavy atom. The number of urea groups is 1. The van der Waals surface area contributed by atoms with Gasteiger partial charge in [0.1, 0.15) is 11.3 Å². The lowest BCUT2D eigenvalue weighted by Crippen LogP contribution is -2.43. The number of hydrogen-bond donors (Lipinski definition) is 1. The Morgan fingerprint density at radius 2 is 2.09 bits per heavy atom. The van der Waals surface area contributed by atoms with Gasteiger partial charge in [0.15, 0.2) is 0 Å². The van der Waals surface area contributed by atoms with Gasteiger partial charge in [-0.15, -0.1) is 0 Å². The van der Waals surface area contributed by atoms with Crippen molar-refractivity contribution in [3.8, 4) is 5.75 Å². The van der Waals surface area contributed by atoms with Crippen LogP contribution >= 0.6 is 0 Å². The molecule has 0 saturated carbocycles. The second kappa shape index (κ2) is 5.83. The van der Waals surface area contributed by atoms with E-state index in [1.165, 1.54) is 4.90 Å². The summed E-state index contributed by atoms with van der Waals surface area (Å²) in [4.78, 5) is 26.3. The average molecular weight is 302 g/mol. The van der Waals surface area contributed by atoms with Gasteiger partial charge in [-0.05, 0) is 43.5 Å². The molecule has 5 nitrogen and oxygen atoms in total. The molecule has 1 aliphatic rings. The molecule has 0 bridgehead atoms. The Morgan fingerprint density at radius 3 is 2.59 bits per heavy atom. The van der Waals surface area contributed by atoms with Crippen molar-refractivity contribution in [2.45, 2.75) is 32.7 Å². The van der Waals surface area contributed by atoms with Crippen LogP contribution in [0.15, 0.2) is 30.4 Å². The molecule has 118 valence electrons. The molecule has 2 rings (SSSR count). The fourth-order valence-corrected chi connectivity index (χ4v) is 2.82. The molecule has 0 radical (unpaired) electrons. The smallest absolute Gasteiger partial charge is 0.325 e. The highest BCUT2D eigenvalue weighted by Gasteiger charge is 2.51. The maximum absolute atomic E-state index is 12.8. The number of rotatable bonds is 5. The summed E-state index contributed by atoms with van der Waals surface area (Å²) in [5, 5.41) is 2.86. The summed E-state index contributed by atoms with van der Waals surface area (Å²) >= 11 is 0. The number of imide groups is 1. The number of nitrogens with one attached hydrogen (secondary N) is 1. The van der Waals surface area contributed by atoms with Crippen LogP contribution in [0.25, 0.3) is 0 Å². The van der Waals surface area contributed by atoms with Crippen LogP contribution in [0.1, 0.15) is 31.4 Å². The van der Waals surface area contributed by atoms with Gasteiger partial charge in [-0.1, -0.05) is 25.1 Å². The van der Waals surface area contributed by atoms with Crippen molar-refractivity contribution in [1.82, 2.24) is 10.2 Å². The minimum atomic E-state index is -1.01. The van der Waals surface area contributed by atoms with Crippen molar-refractivity contribution in [3.05, 3.63) is 41.5 Å². The van der Waals surface area contributed by atoms with Crippen LogP contribution < -0.4 is 10.1 Å². The largest absolute Gasteiger partial charge is 0.496 e. The molecule has 1 unspecified atom stereocenters. The predicted octanol–water partition coefficient (Wildman–Crippen LogP) is 2.74. The van der Waals surface area contributed by atoms with E-state index in [9.17, 15) is 9.59 Å². The Bertz CT molecular complexity index is 639. The first kappa shape index (κ1) is 16.1. The quantitative estimate of drug-likeness (QED) is 0.672. The summed E-state index contributed by atoms with van der Waals surface area (Å²) in [5.74, 6) is 0.526. The molecule has 1 saturated heterocycles. The van der Waals surface area contributed by atoms with E-state index in [-0.39, 0.29) is 18.5 Å². The first-order chi connectivity index (χ1) is 10.4. The van der Waals surface area contributed by atoms with Gasteiger partial charge < -0.3 is 10.1 Å². The molecule has 1 heterocycles. The van der Waals surface area contributed by atoms with E-state index in [4.69, 9.17) is 4.74 Å². The molecule has 1 atom stereocenters. The van der Waals surface area contributed by atoms with Gasteiger partial charge in [-0.25, -0.2) is 4.79 Å². The summed E-state index contributed by atoms with van der Waals surface area (Å²) in [6.07, 6.45) is 0.482. The van der Waals surface area contributed by atoms with Crippen molar-refractivity contribution in [2.24, 2.45) is 0 Å². The molecule has 22 heavy (non-hydrogen) atoms. The maximum Gasteiger partial charge on any atom is 0.325 e. The van der Waals surface area contributed by atoms with Gasteiger partial charge in [0.2, 0.25) is 0 Å². The molecule has 5 heteroatoms. The molecule has 1 aromatic rings. The normalized spacial score (nSPS) is 21.0. The summed E-state index contributed by atoms with van der Waals surface area (Å²) < 4.78 is 5.26. The third-order valence-corrected chi connectivity index (χ3v) is 4.02. The number of hydrogen-bond acceptors (Lipinski definition) is 3. The molecule has 1 aliphatic heterocycles. The average Bonchev–Trinajstić information content (AvgIpc) is 2.72. The Balaban J connectivity index is 2.46. The van der Waals surface area contributed by atoms with Gasteiger partial charge in [0.05, 0.1) is 13.7 Å². The zero-order chi connectivity index (χ0) is 16.5. The van der Waals surface area contributed by atoms with Crippen LogP contribution in [0.3, 0.4) is 0 Å². The van der Waals surface area contributed by atoms with Gasteiger partial charge in [0.25, 0.3) is 5.91 Å². The lowest BCUT2D eigenvalue weighted by molar-refractivity contribution is -0.131. The van der Waals surface area contributed by atoms with Crippen LogP contribution in [0.2, 0.25) is 0 Å². The second-order valence-electron chi connectivity index (χ2n) is 5.72. The van der Waals surface area contributed by atoms with Gasteiger partial charge >= 0.3 is 6.03 Å². The van der Waals surface area contributed by atoms with Crippen LogP contribution in [0.4, 0.5) is 4.79 Å². The predicted molar refractivity (Wildman–Crippen MR) is 84.8 cm³/mol. The third-order valence-electron chi connectivity index (χ3n) is 4.02. The molecular formula is C17H22N2O3. The highest BCUT2D eigenvalue weighted by molar-refractivity contribution is 6.07. The van der Waals surface area contributed by atoms with Crippen molar-refractivity contribution in [1.29, 1.82) is 0 Å². The summed E-state index contributed by atoms with van der Waals surface area (Å²) in [5.41, 5.74) is 1.45. The van der Waals surface area contributed by atoms with E-state index >= 15 is 0 Å². The van der Waals surface area contributed by atoms with Crippen LogP contribution in [-0.2, 0) is 10.3 Å². The Kier molecular flexibility index (Phi) is 4.26. The molecule has 0 aliphatic carbocycles. The summed E-state index contributed by atoms with van der Waals surface area (Å²) in [7, 11) is 1.61. The third kappa shape index (κ3) is 2.47. The number of aryl methyl sites for hydroxylation is 1. The fourth-order valence-electron chi connectivity index (χ4n) is 2.82. The molecule has 0 aromatic heterocycles. The van der Waals surface area contributed by atoms with E-state index in [1.807, 2.05) is 32.0 Å². The molecule has 1 N–H and O–H groups in total. The monoisotopic (exact) mass is 302 g/mol. The van der Waals surface area contributed by atoms with E-state index < -0.39 is 5.54 Å². The SMILES string of the molecule is C=C(C)CN1C(=O)NC(CC)(c2ccc(OC)c(C)c2)C1=O. The van der Waals surface area contributed by atoms with Crippen molar-refractivity contribution >= 4 is 11.9 Å². The van der Waals surface area contributed by atoms with Gasteiger partial charge in [-0.2, -0.15) is 0 Å². The zero-order valence-electron chi connectivity index (χ0n) is 13.5. The molecule has 0 spiro atoms. The zero-order valence-corrected chi connectivity index (χ0v) is 13.5. The second-order valence-corrected chi connectivity index (χ2v) is 5.72. The number of benzene rings is 1. The number of carbonyl (C=O) groups is 2. The van der Waals surface area contributed by atoms with Crippen molar-refractivity contribution in [2.75, 3.05) is 13.7 Å². The number of amides is 3. The van der Waals surface area contributed by atoms with Crippen LogP contribution in [0.5, 0.6) is 5.75 Å². The van der Waals surface area contributed by atoms with E-state index in [1.54, 1.807) is 14.0 Å². The Labute approximate surface area is 130 Å². The van der Waals surface area contributed by atoms with E-state index in [0.29, 0.717) is 6.42 Å². The summed E-state index contributed by atoms with van der Waals surface area (Å²) in [6, 6.07) is 5.18. The first-order valence-corrected chi connectivity index (χ1v) is 7.29. The topological polar surface area (TPSA) is 58.6 Å². The lowest BCUT2D eigenvalue weighted by Gasteiger charge is -2.26. The molecule has 1 fully saturated rings. The number of carbonyl (C=O) groups excluding carboxylic acids is 2. The fraction of sp³-hybridized carbons (Fsp3) is 0.412. The van der Waals surface area contributed by atoms with Crippen LogP contribution in [-0.4, -0.2) is 30.5 Å². The first-order valence-electron chi connectivity index (χ1n) is 7.29. The summed E-state index contributed by atoms with van der Waals surface area (Å²) in [6.45, 7) is 9.62. The van der Waals surface area contributed by atoms with Crippen LogP contribution in [0, 0.1) is 6.92 Å². The standard InChI is InChI=1S/C17H22N2O3/c1-6-17(13-7-8-14(22-5)12(4)9-13)15(20)19(10-11(2)3)16(21)18-17/h7-9H,2,6,10H2,1,3-5H3,(H,18,21). The van der Waals surface area contributed by atoms with Gasteiger partial charge in [0, 0.05) is 0 Å². The molecule has 3 amide bonds. The minimum absolute atomic E-state index is 0.229. The highest BCUT2D eigenvalue weighted by Crippen LogP contribution is 2.34. The maximum atomic E-state index is 12.8. The highest BCUT2D eigenvalue weighted by atomic mass is 16.5. The molecular weight excluding hydrogens is 280 g/mol. The lowest BCUT2D eigenvalue weighted by atomic mass is 9.86. The van der Waals surface area contributed by atoms with E-state index in [0.717, 1.165) is 22.4 Å².